The Morgan fingerprint density at radius 1 is 1.10 bits per heavy atom. The summed E-state index contributed by atoms with van der Waals surface area (Å²) in [6.45, 7) is 3.63. The number of aromatic nitrogens is 1. The second-order valence-electron chi connectivity index (χ2n) is 6.89. The van der Waals surface area contributed by atoms with Crippen molar-refractivity contribution in [1.82, 2.24) is 9.88 Å². The summed E-state index contributed by atoms with van der Waals surface area (Å²) in [5.74, 6) is -2.28. The number of nitrogens with one attached hydrogen (secondary N) is 1. The van der Waals surface area contributed by atoms with Crippen molar-refractivity contribution in [2.24, 2.45) is 0 Å². The topological polar surface area (TPSA) is 86.6 Å². The van der Waals surface area contributed by atoms with E-state index in [0.29, 0.717) is 5.56 Å². The predicted molar refractivity (Wildman–Crippen MR) is 105 cm³/mol. The lowest BCUT2D eigenvalue weighted by Gasteiger charge is -2.13. The molecular formula is C21H24F2N2O5. The molecule has 0 saturated carbocycles. The first-order chi connectivity index (χ1) is 14.1. The van der Waals surface area contributed by atoms with Crippen molar-refractivity contribution >= 4 is 17.7 Å². The average molecular weight is 422 g/mol. The Kier molecular flexibility index (Phi) is 7.68. The lowest BCUT2D eigenvalue weighted by molar-refractivity contribution is -0.141. The number of carbonyl (C=O) groups excluding carboxylic acids is 3. The highest BCUT2D eigenvalue weighted by Crippen LogP contribution is 2.21. The Morgan fingerprint density at radius 3 is 2.37 bits per heavy atom. The lowest BCUT2D eigenvalue weighted by atomic mass is 10.1. The summed E-state index contributed by atoms with van der Waals surface area (Å²) in [5.41, 5.74) is 2.03. The van der Waals surface area contributed by atoms with E-state index in [1.807, 2.05) is 32.3 Å². The number of para-hydroxylation sites is 1. The highest BCUT2D eigenvalue weighted by molar-refractivity contribution is 6.00. The van der Waals surface area contributed by atoms with Crippen molar-refractivity contribution in [2.75, 3.05) is 13.2 Å². The number of alkyl halides is 2. The van der Waals surface area contributed by atoms with E-state index < -0.39 is 31.6 Å². The van der Waals surface area contributed by atoms with Gasteiger partial charge in [0.15, 0.2) is 6.61 Å². The summed E-state index contributed by atoms with van der Waals surface area (Å²) in [5, 5.41) is 2.26. The van der Waals surface area contributed by atoms with Crippen LogP contribution in [0, 0.1) is 13.8 Å². The number of halogens is 2. The number of Topliss-reactive ketones (excluding diaryl/α,β-unsaturated/α-hetero) is 1. The number of ether oxygens (including phenoxy) is 2. The minimum absolute atomic E-state index is 0.150. The molecule has 0 saturated heterocycles. The molecule has 0 spiro atoms. The zero-order valence-corrected chi connectivity index (χ0v) is 17.2. The molecule has 9 heteroatoms. The van der Waals surface area contributed by atoms with Crippen LogP contribution in [0.3, 0.4) is 0 Å². The molecule has 1 aromatic carbocycles. The van der Waals surface area contributed by atoms with Crippen LogP contribution in [0.25, 0.3) is 0 Å². The van der Waals surface area contributed by atoms with Crippen LogP contribution in [-0.4, -0.2) is 42.0 Å². The number of amides is 1. The Morgan fingerprint density at radius 2 is 1.77 bits per heavy atom. The number of benzene rings is 1. The van der Waals surface area contributed by atoms with Gasteiger partial charge in [0.1, 0.15) is 12.3 Å². The predicted octanol–water partition coefficient (Wildman–Crippen LogP) is 3.44. The van der Waals surface area contributed by atoms with Crippen LogP contribution in [0.15, 0.2) is 30.3 Å². The van der Waals surface area contributed by atoms with E-state index in [4.69, 9.17) is 4.74 Å². The van der Waals surface area contributed by atoms with Gasteiger partial charge in [-0.15, -0.1) is 0 Å². The van der Waals surface area contributed by atoms with Crippen molar-refractivity contribution in [3.05, 3.63) is 52.8 Å². The minimum atomic E-state index is -3.09. The standard InChI is InChI=1S/C21H24F2N2O5/c1-12(2)25-13(3)9-16(14(25)4)17(26)11-29-19(27)10-24-20(28)15-7-5-6-8-18(15)30-21(22)23/h5-9,12,21H,10-11H2,1-4H3,(H,24,28). The van der Waals surface area contributed by atoms with E-state index in [2.05, 4.69) is 10.1 Å². The number of ketones is 1. The first-order valence-electron chi connectivity index (χ1n) is 9.31. The van der Waals surface area contributed by atoms with Gasteiger partial charge < -0.3 is 19.4 Å². The maximum absolute atomic E-state index is 12.4. The fraction of sp³-hybridized carbons (Fsp3) is 0.381. The van der Waals surface area contributed by atoms with Gasteiger partial charge in [-0.2, -0.15) is 8.78 Å². The molecule has 0 fully saturated rings. The second-order valence-corrected chi connectivity index (χ2v) is 6.89. The van der Waals surface area contributed by atoms with E-state index in [1.165, 1.54) is 24.3 Å². The maximum atomic E-state index is 12.4. The number of aryl methyl sites for hydroxylation is 1. The third kappa shape index (κ3) is 5.65. The lowest BCUT2D eigenvalue weighted by Crippen LogP contribution is -2.32. The molecule has 30 heavy (non-hydrogen) atoms. The molecule has 0 aliphatic rings. The smallest absolute Gasteiger partial charge is 0.387 e. The van der Waals surface area contributed by atoms with Gasteiger partial charge in [0.2, 0.25) is 5.78 Å². The summed E-state index contributed by atoms with van der Waals surface area (Å²) in [6.07, 6.45) is 0. The first-order valence-corrected chi connectivity index (χ1v) is 9.31. The number of hydrogen-bond donors (Lipinski definition) is 1. The zero-order chi connectivity index (χ0) is 22.4. The van der Waals surface area contributed by atoms with Gasteiger partial charge in [-0.05, 0) is 45.9 Å². The minimum Gasteiger partial charge on any atom is -0.456 e. The van der Waals surface area contributed by atoms with Crippen LogP contribution in [0.1, 0.15) is 52.0 Å². The zero-order valence-electron chi connectivity index (χ0n) is 17.2. The highest BCUT2D eigenvalue weighted by atomic mass is 19.3. The third-order valence-electron chi connectivity index (χ3n) is 4.41. The van der Waals surface area contributed by atoms with Gasteiger partial charge in [0.05, 0.1) is 5.56 Å². The summed E-state index contributed by atoms with van der Waals surface area (Å²) in [6, 6.07) is 7.33. The molecule has 0 radical (unpaired) electrons. The molecule has 0 aliphatic carbocycles. The van der Waals surface area contributed by atoms with Crippen molar-refractivity contribution in [1.29, 1.82) is 0 Å². The van der Waals surface area contributed by atoms with Crippen molar-refractivity contribution < 1.29 is 32.6 Å². The van der Waals surface area contributed by atoms with Gasteiger partial charge in [-0.3, -0.25) is 14.4 Å². The van der Waals surface area contributed by atoms with Crippen LogP contribution in [0.4, 0.5) is 8.78 Å². The summed E-state index contributed by atoms with van der Waals surface area (Å²) in [7, 11) is 0. The maximum Gasteiger partial charge on any atom is 0.387 e. The molecule has 7 nitrogen and oxygen atoms in total. The Labute approximate surface area is 173 Å². The molecule has 0 atom stereocenters. The number of hydrogen-bond acceptors (Lipinski definition) is 5. The summed E-state index contributed by atoms with van der Waals surface area (Å²) in [4.78, 5) is 36.4. The number of nitrogens with zero attached hydrogens (tertiary/aromatic N) is 1. The molecule has 2 rings (SSSR count). The highest BCUT2D eigenvalue weighted by Gasteiger charge is 2.19. The van der Waals surface area contributed by atoms with Gasteiger partial charge in [-0.25, -0.2) is 0 Å². The molecule has 2 aromatic rings. The molecular weight excluding hydrogens is 398 g/mol. The van der Waals surface area contributed by atoms with Gasteiger partial charge in [0, 0.05) is 23.0 Å². The van der Waals surface area contributed by atoms with Crippen molar-refractivity contribution in [3.63, 3.8) is 0 Å². The van der Waals surface area contributed by atoms with Gasteiger partial charge >= 0.3 is 12.6 Å². The Balaban J connectivity index is 1.91. The molecule has 0 bridgehead atoms. The SMILES string of the molecule is Cc1cc(C(=O)COC(=O)CNC(=O)c2ccccc2OC(F)F)c(C)n1C(C)C. The average Bonchev–Trinajstić information content (AvgIpc) is 2.98. The number of carbonyl (C=O) groups is 3. The van der Waals surface area contributed by atoms with E-state index in [1.54, 1.807) is 6.07 Å². The molecule has 0 unspecified atom stereocenters. The first kappa shape index (κ1) is 23.1. The molecule has 162 valence electrons. The third-order valence-corrected chi connectivity index (χ3v) is 4.41. The molecule has 1 N–H and O–H groups in total. The quantitative estimate of drug-likeness (QED) is 0.494. The Bertz CT molecular complexity index is 937. The van der Waals surface area contributed by atoms with Crippen LogP contribution >= 0.6 is 0 Å². The van der Waals surface area contributed by atoms with Crippen molar-refractivity contribution in [3.8, 4) is 5.75 Å². The van der Waals surface area contributed by atoms with E-state index in [0.717, 1.165) is 11.4 Å². The molecule has 1 aromatic heterocycles. The fourth-order valence-electron chi connectivity index (χ4n) is 3.23. The van der Waals surface area contributed by atoms with Crippen LogP contribution in [0.5, 0.6) is 5.75 Å². The summed E-state index contributed by atoms with van der Waals surface area (Å²) < 4.78 is 36.1. The monoisotopic (exact) mass is 422 g/mol. The summed E-state index contributed by atoms with van der Waals surface area (Å²) >= 11 is 0. The number of esters is 1. The largest absolute Gasteiger partial charge is 0.456 e. The van der Waals surface area contributed by atoms with Gasteiger partial charge in [0.25, 0.3) is 5.91 Å². The van der Waals surface area contributed by atoms with Crippen LogP contribution in [-0.2, 0) is 9.53 Å². The van der Waals surface area contributed by atoms with E-state index >= 15 is 0 Å². The Hall–Kier alpha value is -3.23. The van der Waals surface area contributed by atoms with E-state index in [9.17, 15) is 23.2 Å². The molecule has 1 heterocycles. The van der Waals surface area contributed by atoms with Crippen LogP contribution in [0.2, 0.25) is 0 Å². The molecule has 0 aliphatic heterocycles. The fourth-order valence-corrected chi connectivity index (χ4v) is 3.23. The number of rotatable bonds is 9. The molecule has 1 amide bonds. The van der Waals surface area contributed by atoms with Crippen molar-refractivity contribution in [2.45, 2.75) is 40.3 Å². The van der Waals surface area contributed by atoms with E-state index in [-0.39, 0.29) is 23.1 Å². The second kappa shape index (κ2) is 10.00. The van der Waals surface area contributed by atoms with Gasteiger partial charge in [-0.1, -0.05) is 12.1 Å². The normalized spacial score (nSPS) is 10.9. The van der Waals surface area contributed by atoms with Crippen LogP contribution < -0.4 is 10.1 Å².